The first-order chi connectivity index (χ1) is 5.85. The summed E-state index contributed by atoms with van der Waals surface area (Å²) in [5.41, 5.74) is 0. The van der Waals surface area contributed by atoms with Gasteiger partial charge in [0.05, 0.1) is 0 Å². The molecule has 1 heterocycles. The Morgan fingerprint density at radius 2 is 1.13 bits per heavy atom. The summed E-state index contributed by atoms with van der Waals surface area (Å²) in [6.45, 7) is 12.1. The molecule has 0 atom stereocenters. The molecular weight excluding hydrogens is 207 g/mol. The molecule has 0 aliphatic carbocycles. The molecule has 0 aromatic carbocycles. The summed E-state index contributed by atoms with van der Waals surface area (Å²) in [6, 6.07) is 0. The second-order valence-electron chi connectivity index (χ2n) is 2.94. The van der Waals surface area contributed by atoms with E-state index in [2.05, 4.69) is 25.7 Å². The zero-order valence-corrected chi connectivity index (χ0v) is 10.0. The van der Waals surface area contributed by atoms with Crippen molar-refractivity contribution in [3.8, 4) is 0 Å². The number of rotatable bonds is 3. The molecule has 98 valence electrons. The van der Waals surface area contributed by atoms with E-state index in [1.165, 1.54) is 32.5 Å². The van der Waals surface area contributed by atoms with Crippen LogP contribution in [0.15, 0.2) is 0 Å². The molecular formula is C10H26F3NO. The van der Waals surface area contributed by atoms with Crippen LogP contribution in [0, 0.1) is 0 Å². The first kappa shape index (κ1) is 24.1. The van der Waals surface area contributed by atoms with Crippen molar-refractivity contribution in [2.75, 3.05) is 32.8 Å². The number of hydrogen-bond acceptors (Lipinski definition) is 2. The fraction of sp³-hybridized carbons (Fsp3) is 1.00. The standard InChI is InChI=1S/C6H15N.C4H8O.3FH/c1-4-7(5-2)6-3;1-2-4-5-3-1;;;/h4-6H2,1-3H3;1-4H2;3*1H. The van der Waals surface area contributed by atoms with Crippen LogP contribution in [0.5, 0.6) is 0 Å². The van der Waals surface area contributed by atoms with Gasteiger partial charge in [0.25, 0.3) is 0 Å². The fourth-order valence-corrected chi connectivity index (χ4v) is 1.18. The van der Waals surface area contributed by atoms with Crippen LogP contribution in [0.4, 0.5) is 14.1 Å². The van der Waals surface area contributed by atoms with E-state index < -0.39 is 0 Å². The third kappa shape index (κ3) is 16.4. The van der Waals surface area contributed by atoms with E-state index in [0.29, 0.717) is 0 Å². The van der Waals surface area contributed by atoms with Crippen molar-refractivity contribution >= 4 is 0 Å². The Balaban J connectivity index is -0.0000000687. The minimum Gasteiger partial charge on any atom is -0.381 e. The van der Waals surface area contributed by atoms with Crippen molar-refractivity contribution in [1.82, 2.24) is 4.90 Å². The van der Waals surface area contributed by atoms with Gasteiger partial charge in [-0.15, -0.1) is 0 Å². The molecule has 1 aliphatic heterocycles. The van der Waals surface area contributed by atoms with E-state index in [4.69, 9.17) is 4.74 Å². The summed E-state index contributed by atoms with van der Waals surface area (Å²) in [4.78, 5) is 2.38. The lowest BCUT2D eigenvalue weighted by Gasteiger charge is -2.13. The smallest absolute Gasteiger partial charge is 0.0466 e. The molecule has 5 heteroatoms. The van der Waals surface area contributed by atoms with Crippen molar-refractivity contribution in [2.45, 2.75) is 33.6 Å². The summed E-state index contributed by atoms with van der Waals surface area (Å²) < 4.78 is 4.94. The molecule has 15 heavy (non-hydrogen) atoms. The van der Waals surface area contributed by atoms with Gasteiger partial charge in [-0.2, -0.15) is 0 Å². The van der Waals surface area contributed by atoms with Gasteiger partial charge in [0, 0.05) is 13.2 Å². The third-order valence-corrected chi connectivity index (χ3v) is 2.17. The Hall–Kier alpha value is -0.290. The highest BCUT2D eigenvalue weighted by Gasteiger charge is 1.94. The molecule has 0 unspecified atom stereocenters. The first-order valence-corrected chi connectivity index (χ1v) is 5.15. The molecule has 0 saturated carbocycles. The molecule has 1 rings (SSSR count). The molecule has 0 spiro atoms. The lowest BCUT2D eigenvalue weighted by Crippen LogP contribution is -2.21. The van der Waals surface area contributed by atoms with E-state index in [1.54, 1.807) is 0 Å². The third-order valence-electron chi connectivity index (χ3n) is 2.17. The average Bonchev–Trinajstić information content (AvgIpc) is 2.64. The van der Waals surface area contributed by atoms with E-state index in [1.807, 2.05) is 0 Å². The molecule has 0 aromatic rings. The van der Waals surface area contributed by atoms with Crippen LogP contribution >= 0.6 is 0 Å². The Kier molecular flexibility index (Phi) is 31.0. The van der Waals surface area contributed by atoms with E-state index in [9.17, 15) is 0 Å². The van der Waals surface area contributed by atoms with Gasteiger partial charge in [-0.25, -0.2) is 0 Å². The lowest BCUT2D eigenvalue weighted by molar-refractivity contribution is 0.198. The maximum atomic E-state index is 4.94. The van der Waals surface area contributed by atoms with E-state index in [0.717, 1.165) is 13.2 Å². The Labute approximate surface area is 91.1 Å². The van der Waals surface area contributed by atoms with Gasteiger partial charge in [-0.05, 0) is 32.5 Å². The minimum absolute atomic E-state index is 0. The topological polar surface area (TPSA) is 12.5 Å². The molecule has 0 N–H and O–H groups in total. The maximum absolute atomic E-state index is 4.94. The van der Waals surface area contributed by atoms with Crippen LogP contribution in [-0.2, 0) is 4.74 Å². The second-order valence-corrected chi connectivity index (χ2v) is 2.94. The van der Waals surface area contributed by atoms with Crippen LogP contribution in [0.3, 0.4) is 0 Å². The Bertz CT molecular complexity index is 75.6. The second kappa shape index (κ2) is 19.3. The van der Waals surface area contributed by atoms with Gasteiger partial charge in [0.1, 0.15) is 0 Å². The molecule has 1 fully saturated rings. The van der Waals surface area contributed by atoms with Gasteiger partial charge in [0.2, 0.25) is 0 Å². The summed E-state index contributed by atoms with van der Waals surface area (Å²) >= 11 is 0. The summed E-state index contributed by atoms with van der Waals surface area (Å²) in [5, 5.41) is 0. The highest BCUT2D eigenvalue weighted by atomic mass is 19.0. The first-order valence-electron chi connectivity index (χ1n) is 5.15. The highest BCUT2D eigenvalue weighted by molar-refractivity contribution is 4.44. The Morgan fingerprint density at radius 1 is 0.800 bits per heavy atom. The fourth-order valence-electron chi connectivity index (χ4n) is 1.18. The van der Waals surface area contributed by atoms with Gasteiger partial charge in [-0.3, -0.25) is 14.1 Å². The van der Waals surface area contributed by atoms with Gasteiger partial charge >= 0.3 is 0 Å². The number of nitrogens with zero attached hydrogens (tertiary/aromatic N) is 1. The molecule has 0 aromatic heterocycles. The lowest BCUT2D eigenvalue weighted by atomic mass is 10.4. The zero-order valence-electron chi connectivity index (χ0n) is 10.0. The van der Waals surface area contributed by atoms with Crippen molar-refractivity contribution in [2.24, 2.45) is 0 Å². The predicted octanol–water partition coefficient (Wildman–Crippen LogP) is 2.60. The predicted molar refractivity (Wildman–Crippen MR) is 61.0 cm³/mol. The number of ether oxygens (including phenoxy) is 1. The number of halogens is 3. The molecule has 0 bridgehead atoms. The monoisotopic (exact) mass is 233 g/mol. The van der Waals surface area contributed by atoms with Crippen LogP contribution in [0.25, 0.3) is 0 Å². The summed E-state index contributed by atoms with van der Waals surface area (Å²) in [6.07, 6.45) is 2.56. The molecule has 2 nitrogen and oxygen atoms in total. The van der Waals surface area contributed by atoms with Crippen LogP contribution in [-0.4, -0.2) is 37.7 Å². The maximum Gasteiger partial charge on any atom is 0.0466 e. The van der Waals surface area contributed by atoms with Gasteiger partial charge in [0.15, 0.2) is 0 Å². The molecule has 0 radical (unpaired) electrons. The largest absolute Gasteiger partial charge is 0.381 e. The SMILES string of the molecule is C1CCOC1.CCN(CC)CC.F.F.F. The highest BCUT2D eigenvalue weighted by Crippen LogP contribution is 1.98. The molecule has 1 saturated heterocycles. The minimum atomic E-state index is 0. The summed E-state index contributed by atoms with van der Waals surface area (Å²) in [7, 11) is 0. The zero-order chi connectivity index (χ0) is 9.23. The van der Waals surface area contributed by atoms with E-state index >= 15 is 0 Å². The quantitative estimate of drug-likeness (QED) is 0.743. The van der Waals surface area contributed by atoms with Crippen molar-refractivity contribution in [3.05, 3.63) is 0 Å². The van der Waals surface area contributed by atoms with Crippen LogP contribution in [0.1, 0.15) is 33.6 Å². The number of hydrogen-bond donors (Lipinski definition) is 0. The van der Waals surface area contributed by atoms with Crippen molar-refractivity contribution < 1.29 is 18.9 Å². The van der Waals surface area contributed by atoms with Crippen LogP contribution < -0.4 is 0 Å². The normalized spacial score (nSPS) is 12.8. The average molecular weight is 233 g/mol. The molecule has 1 aliphatic rings. The van der Waals surface area contributed by atoms with Crippen LogP contribution in [0.2, 0.25) is 0 Å². The molecule has 0 amide bonds. The van der Waals surface area contributed by atoms with Gasteiger partial charge in [-0.1, -0.05) is 20.8 Å². The van der Waals surface area contributed by atoms with Gasteiger partial charge < -0.3 is 9.64 Å². The van der Waals surface area contributed by atoms with E-state index in [-0.39, 0.29) is 14.1 Å². The Morgan fingerprint density at radius 3 is 1.20 bits per heavy atom. The summed E-state index contributed by atoms with van der Waals surface area (Å²) in [5.74, 6) is 0. The van der Waals surface area contributed by atoms with Crippen molar-refractivity contribution in [1.29, 1.82) is 0 Å². The van der Waals surface area contributed by atoms with Crippen molar-refractivity contribution in [3.63, 3.8) is 0 Å².